The first-order chi connectivity index (χ1) is 12.5. The van der Waals surface area contributed by atoms with Gasteiger partial charge in [-0.2, -0.15) is 5.26 Å². The van der Waals surface area contributed by atoms with Crippen LogP contribution in [0.3, 0.4) is 0 Å². The summed E-state index contributed by atoms with van der Waals surface area (Å²) < 4.78 is 0. The molecule has 0 aliphatic rings. The number of hydrogen-bond acceptors (Lipinski definition) is 4. The van der Waals surface area contributed by atoms with E-state index in [9.17, 15) is 4.79 Å². The molecule has 0 aliphatic heterocycles. The van der Waals surface area contributed by atoms with E-state index in [4.69, 9.17) is 28.5 Å². The number of nitriles is 1. The fourth-order valence-corrected chi connectivity index (χ4v) is 2.46. The highest BCUT2D eigenvalue weighted by atomic mass is 35.5. The molecular formula is C19H12Cl2N4O. The second-order valence-electron chi connectivity index (χ2n) is 5.33. The Labute approximate surface area is 160 Å². The molecule has 0 saturated carbocycles. The van der Waals surface area contributed by atoms with Crippen LogP contribution in [0.25, 0.3) is 0 Å². The SMILES string of the molecule is N#Cc1ccc(Nc2ccc(C(=O)Nc3ccc(Cl)c(Cl)c3)nc2)cc1. The van der Waals surface area contributed by atoms with E-state index in [2.05, 4.69) is 21.7 Å². The molecule has 1 aromatic heterocycles. The normalized spacial score (nSPS) is 10.0. The molecule has 26 heavy (non-hydrogen) atoms. The number of benzene rings is 2. The predicted octanol–water partition coefficient (Wildman–Crippen LogP) is 5.26. The number of rotatable bonds is 4. The van der Waals surface area contributed by atoms with Crippen molar-refractivity contribution in [3.63, 3.8) is 0 Å². The van der Waals surface area contributed by atoms with E-state index in [-0.39, 0.29) is 11.6 Å². The Morgan fingerprint density at radius 1 is 0.923 bits per heavy atom. The summed E-state index contributed by atoms with van der Waals surface area (Å²) >= 11 is 11.8. The van der Waals surface area contributed by atoms with Gasteiger partial charge in [-0.1, -0.05) is 23.2 Å². The number of anilines is 3. The van der Waals surface area contributed by atoms with Gasteiger partial charge >= 0.3 is 0 Å². The lowest BCUT2D eigenvalue weighted by Gasteiger charge is -2.08. The van der Waals surface area contributed by atoms with Crippen LogP contribution in [0.15, 0.2) is 60.8 Å². The molecule has 0 bridgehead atoms. The van der Waals surface area contributed by atoms with Crippen LogP contribution in [-0.4, -0.2) is 10.9 Å². The van der Waals surface area contributed by atoms with Crippen LogP contribution in [0.1, 0.15) is 16.1 Å². The van der Waals surface area contributed by atoms with Crippen LogP contribution in [-0.2, 0) is 0 Å². The maximum Gasteiger partial charge on any atom is 0.274 e. The molecule has 0 radical (unpaired) electrons. The highest BCUT2D eigenvalue weighted by Gasteiger charge is 2.09. The van der Waals surface area contributed by atoms with Crippen LogP contribution in [0.5, 0.6) is 0 Å². The highest BCUT2D eigenvalue weighted by Crippen LogP contribution is 2.25. The van der Waals surface area contributed by atoms with Gasteiger partial charge in [0.25, 0.3) is 5.91 Å². The first kappa shape index (κ1) is 17.7. The average Bonchev–Trinajstić information content (AvgIpc) is 2.66. The summed E-state index contributed by atoms with van der Waals surface area (Å²) in [5, 5.41) is 15.4. The number of aromatic nitrogens is 1. The number of amides is 1. The Kier molecular flexibility index (Phi) is 5.37. The van der Waals surface area contributed by atoms with Crippen LogP contribution in [0.2, 0.25) is 10.0 Å². The van der Waals surface area contributed by atoms with E-state index in [1.54, 1.807) is 60.8 Å². The van der Waals surface area contributed by atoms with Crippen molar-refractivity contribution in [1.29, 1.82) is 5.26 Å². The first-order valence-electron chi connectivity index (χ1n) is 7.55. The number of nitrogens with one attached hydrogen (secondary N) is 2. The van der Waals surface area contributed by atoms with Crippen molar-refractivity contribution in [2.75, 3.05) is 10.6 Å². The maximum atomic E-state index is 12.2. The molecule has 2 N–H and O–H groups in total. The summed E-state index contributed by atoms with van der Waals surface area (Å²) in [7, 11) is 0. The van der Waals surface area contributed by atoms with Crippen molar-refractivity contribution in [3.05, 3.63) is 82.1 Å². The molecule has 0 fully saturated rings. The van der Waals surface area contributed by atoms with Crippen LogP contribution in [0.4, 0.5) is 17.1 Å². The van der Waals surface area contributed by atoms with Crippen molar-refractivity contribution in [1.82, 2.24) is 4.98 Å². The molecule has 0 spiro atoms. The van der Waals surface area contributed by atoms with Gasteiger partial charge in [-0.25, -0.2) is 4.98 Å². The standard InChI is InChI=1S/C19H12Cl2N4O/c20-16-7-5-14(9-17(16)21)25-19(26)18-8-6-15(11-23-18)24-13-3-1-12(10-22)2-4-13/h1-9,11,24H,(H,25,26). The Balaban J connectivity index is 1.67. The Hall–Kier alpha value is -3.07. The fourth-order valence-electron chi connectivity index (χ4n) is 2.17. The van der Waals surface area contributed by atoms with Gasteiger partial charge in [0, 0.05) is 11.4 Å². The third-order valence-electron chi connectivity index (χ3n) is 3.48. The lowest BCUT2D eigenvalue weighted by molar-refractivity contribution is 0.102. The number of carbonyl (C=O) groups excluding carboxylic acids is 1. The van der Waals surface area contributed by atoms with E-state index < -0.39 is 0 Å². The molecule has 0 aliphatic carbocycles. The molecule has 0 atom stereocenters. The Morgan fingerprint density at radius 3 is 2.23 bits per heavy atom. The number of hydrogen-bond donors (Lipinski definition) is 2. The zero-order chi connectivity index (χ0) is 18.5. The van der Waals surface area contributed by atoms with Crippen molar-refractivity contribution in [2.45, 2.75) is 0 Å². The zero-order valence-electron chi connectivity index (χ0n) is 13.3. The van der Waals surface area contributed by atoms with E-state index in [0.29, 0.717) is 21.3 Å². The summed E-state index contributed by atoms with van der Waals surface area (Å²) in [5.74, 6) is -0.353. The van der Waals surface area contributed by atoms with Gasteiger partial charge in [0.15, 0.2) is 0 Å². The van der Waals surface area contributed by atoms with Crippen molar-refractivity contribution >= 4 is 46.2 Å². The van der Waals surface area contributed by atoms with Crippen LogP contribution < -0.4 is 10.6 Å². The molecule has 1 heterocycles. The quantitative estimate of drug-likeness (QED) is 0.645. The topological polar surface area (TPSA) is 77.8 Å². The Morgan fingerprint density at radius 2 is 1.62 bits per heavy atom. The minimum atomic E-state index is -0.353. The predicted molar refractivity (Wildman–Crippen MR) is 103 cm³/mol. The van der Waals surface area contributed by atoms with Gasteiger partial charge in [-0.3, -0.25) is 4.79 Å². The van der Waals surface area contributed by atoms with Gasteiger partial charge in [-0.05, 0) is 54.6 Å². The molecule has 0 saturated heterocycles. The second kappa shape index (κ2) is 7.87. The molecule has 3 aromatic rings. The summed E-state index contributed by atoms with van der Waals surface area (Å²) in [6, 6.07) is 17.3. The second-order valence-corrected chi connectivity index (χ2v) is 6.14. The summed E-state index contributed by atoms with van der Waals surface area (Å²) in [6.07, 6.45) is 1.56. The van der Waals surface area contributed by atoms with Crippen molar-refractivity contribution in [3.8, 4) is 6.07 Å². The number of nitrogens with zero attached hydrogens (tertiary/aromatic N) is 2. The molecule has 3 rings (SSSR count). The molecule has 128 valence electrons. The third kappa shape index (κ3) is 4.31. The molecular weight excluding hydrogens is 371 g/mol. The molecule has 0 unspecified atom stereocenters. The van der Waals surface area contributed by atoms with Crippen LogP contribution >= 0.6 is 23.2 Å². The Bertz CT molecular complexity index is 980. The number of halogens is 2. The maximum absolute atomic E-state index is 12.2. The largest absolute Gasteiger partial charge is 0.354 e. The molecule has 7 heteroatoms. The minimum Gasteiger partial charge on any atom is -0.354 e. The highest BCUT2D eigenvalue weighted by molar-refractivity contribution is 6.42. The smallest absolute Gasteiger partial charge is 0.274 e. The van der Waals surface area contributed by atoms with Crippen molar-refractivity contribution < 1.29 is 4.79 Å². The van der Waals surface area contributed by atoms with E-state index in [1.165, 1.54) is 0 Å². The number of pyridine rings is 1. The summed E-state index contributed by atoms with van der Waals surface area (Å²) in [4.78, 5) is 16.4. The monoisotopic (exact) mass is 382 g/mol. The van der Waals surface area contributed by atoms with Gasteiger partial charge in [0.2, 0.25) is 0 Å². The fraction of sp³-hybridized carbons (Fsp3) is 0. The molecule has 2 aromatic carbocycles. The minimum absolute atomic E-state index is 0.265. The van der Waals surface area contributed by atoms with E-state index in [1.807, 2.05) is 0 Å². The molecule has 5 nitrogen and oxygen atoms in total. The lowest BCUT2D eigenvalue weighted by Crippen LogP contribution is -2.13. The van der Waals surface area contributed by atoms with E-state index in [0.717, 1.165) is 11.4 Å². The molecule has 1 amide bonds. The summed E-state index contributed by atoms with van der Waals surface area (Å²) in [5.41, 5.74) is 2.93. The van der Waals surface area contributed by atoms with Gasteiger partial charge in [0.1, 0.15) is 5.69 Å². The average molecular weight is 383 g/mol. The lowest BCUT2D eigenvalue weighted by atomic mass is 10.2. The van der Waals surface area contributed by atoms with Gasteiger partial charge < -0.3 is 10.6 Å². The third-order valence-corrected chi connectivity index (χ3v) is 4.22. The first-order valence-corrected chi connectivity index (χ1v) is 8.30. The van der Waals surface area contributed by atoms with Gasteiger partial charge in [-0.15, -0.1) is 0 Å². The summed E-state index contributed by atoms with van der Waals surface area (Å²) in [6.45, 7) is 0. The number of carbonyl (C=O) groups is 1. The van der Waals surface area contributed by atoms with E-state index >= 15 is 0 Å². The van der Waals surface area contributed by atoms with Gasteiger partial charge in [0.05, 0.1) is 33.6 Å². The van der Waals surface area contributed by atoms with Crippen molar-refractivity contribution in [2.24, 2.45) is 0 Å². The van der Waals surface area contributed by atoms with Crippen LogP contribution in [0, 0.1) is 11.3 Å². The zero-order valence-corrected chi connectivity index (χ0v) is 14.8.